The summed E-state index contributed by atoms with van der Waals surface area (Å²) in [6.07, 6.45) is -7.50. The molecule has 0 saturated carbocycles. The van der Waals surface area contributed by atoms with Crippen molar-refractivity contribution in [3.8, 4) is 11.1 Å². The molecule has 0 aromatic heterocycles. The third-order valence-electron chi connectivity index (χ3n) is 8.56. The fourth-order valence-corrected chi connectivity index (χ4v) is 6.54. The molecule has 1 aliphatic carbocycles. The molecule has 0 fully saturated rings. The van der Waals surface area contributed by atoms with Gasteiger partial charge in [-0.05, 0) is 35.2 Å². The zero-order chi connectivity index (χ0) is 33.9. The number of amides is 1. The summed E-state index contributed by atoms with van der Waals surface area (Å²) in [5.41, 5.74) is 4.32. The van der Waals surface area contributed by atoms with Crippen LogP contribution in [0.1, 0.15) is 45.7 Å². The van der Waals surface area contributed by atoms with Gasteiger partial charge in [0.15, 0.2) is 5.60 Å². The van der Waals surface area contributed by atoms with Crippen molar-refractivity contribution in [3.63, 3.8) is 0 Å². The van der Waals surface area contributed by atoms with Gasteiger partial charge in [0, 0.05) is 27.6 Å². The number of alkyl carbamates (subject to hydrolysis) is 1. The number of nitrogens with one attached hydrogen (secondary N) is 1. The lowest BCUT2D eigenvalue weighted by Crippen LogP contribution is -2.48. The maximum absolute atomic E-state index is 14.4. The predicted octanol–water partition coefficient (Wildman–Crippen LogP) is 9.34. The first kappa shape index (κ1) is 32.8. The Hall–Kier alpha value is -5.08. The summed E-state index contributed by atoms with van der Waals surface area (Å²) in [6, 6.07) is 35.1. The predicted molar refractivity (Wildman–Crippen MR) is 178 cm³/mol. The van der Waals surface area contributed by atoms with Crippen LogP contribution in [0, 0.1) is 6.92 Å². The Bertz CT molecular complexity index is 1880. The van der Waals surface area contributed by atoms with Gasteiger partial charge in [-0.3, -0.25) is 4.79 Å². The van der Waals surface area contributed by atoms with Gasteiger partial charge in [0.1, 0.15) is 12.6 Å². The third kappa shape index (κ3) is 6.53. The molecule has 1 unspecified atom stereocenters. The molecular weight excluding hydrogens is 639 g/mol. The number of aryl methyl sites for hydroxylation is 1. The minimum atomic E-state index is -4.99. The van der Waals surface area contributed by atoms with E-state index in [1.165, 1.54) is 0 Å². The number of fused-ring (bicyclic) bond motifs is 3. The molecule has 5 aromatic carbocycles. The number of halogens is 4. The molecule has 0 radical (unpaired) electrons. The van der Waals surface area contributed by atoms with Gasteiger partial charge in [-0.25, -0.2) is 4.79 Å². The van der Waals surface area contributed by atoms with E-state index in [2.05, 4.69) is 0 Å². The van der Waals surface area contributed by atoms with Crippen molar-refractivity contribution < 1.29 is 32.2 Å². The van der Waals surface area contributed by atoms with Crippen LogP contribution in [0.2, 0.25) is 5.02 Å². The maximum atomic E-state index is 14.4. The maximum Gasteiger partial charge on any atom is 0.409 e. The highest BCUT2D eigenvalue weighted by Crippen LogP contribution is 2.45. The second kappa shape index (κ2) is 13.6. The van der Waals surface area contributed by atoms with Crippen LogP contribution < -0.4 is 5.32 Å². The van der Waals surface area contributed by atoms with Crippen LogP contribution >= 0.6 is 11.6 Å². The van der Waals surface area contributed by atoms with Crippen LogP contribution in [0.5, 0.6) is 0 Å². The van der Waals surface area contributed by atoms with Crippen molar-refractivity contribution >= 4 is 23.7 Å². The van der Waals surface area contributed by atoms with E-state index >= 15 is 0 Å². The van der Waals surface area contributed by atoms with Gasteiger partial charge in [-0.2, -0.15) is 13.2 Å². The minimum Gasteiger partial charge on any atom is -0.449 e. The van der Waals surface area contributed by atoms with Crippen LogP contribution in [0.4, 0.5) is 18.0 Å². The number of hydrogen-bond donors (Lipinski definition) is 1. The van der Waals surface area contributed by atoms with Crippen molar-refractivity contribution in [2.75, 3.05) is 6.61 Å². The largest absolute Gasteiger partial charge is 0.449 e. The Morgan fingerprint density at radius 3 is 1.90 bits per heavy atom. The zero-order valence-corrected chi connectivity index (χ0v) is 26.6. The molecule has 0 spiro atoms. The number of rotatable bonds is 9. The standard InChI is InChI=1S/C39H31ClF3NO4/c1-25-19-21-27(22-20-25)38(26-11-3-2-4-12-26,33-17-9-10-18-34(33)40)48-36(45)23-35(39(41,42)43)44-37(46)47-24-32-30-15-7-5-13-28(30)29-14-6-8-16-31(29)32/h2-22,32,35H,23-24H2,1H3,(H,44,46)/t35-,38?/m0/s1. The highest BCUT2D eigenvalue weighted by molar-refractivity contribution is 6.31. The summed E-state index contributed by atoms with van der Waals surface area (Å²) < 4.78 is 54.7. The molecule has 48 heavy (non-hydrogen) atoms. The van der Waals surface area contributed by atoms with Crippen molar-refractivity contribution in [1.82, 2.24) is 5.32 Å². The lowest BCUT2D eigenvalue weighted by atomic mass is 9.79. The average Bonchev–Trinajstić information content (AvgIpc) is 3.40. The van der Waals surface area contributed by atoms with E-state index in [-0.39, 0.29) is 17.5 Å². The van der Waals surface area contributed by atoms with Gasteiger partial charge >= 0.3 is 18.2 Å². The van der Waals surface area contributed by atoms with E-state index in [0.717, 1.165) is 27.8 Å². The normalized spacial score (nSPS) is 14.3. The van der Waals surface area contributed by atoms with Crippen LogP contribution in [0.25, 0.3) is 11.1 Å². The molecule has 1 amide bonds. The third-order valence-corrected chi connectivity index (χ3v) is 8.89. The summed E-state index contributed by atoms with van der Waals surface area (Å²) in [6.45, 7) is 1.70. The molecule has 244 valence electrons. The Morgan fingerprint density at radius 2 is 1.29 bits per heavy atom. The van der Waals surface area contributed by atoms with E-state index in [9.17, 15) is 22.8 Å². The summed E-state index contributed by atoms with van der Waals surface area (Å²) in [5.74, 6) is -1.56. The first-order valence-electron chi connectivity index (χ1n) is 15.4. The molecule has 5 nitrogen and oxygen atoms in total. The molecule has 6 rings (SSSR count). The molecule has 0 bridgehead atoms. The van der Waals surface area contributed by atoms with Crippen molar-refractivity contribution in [3.05, 3.63) is 166 Å². The summed E-state index contributed by atoms with van der Waals surface area (Å²) in [5, 5.41) is 2.12. The molecule has 2 atom stereocenters. The van der Waals surface area contributed by atoms with Gasteiger partial charge in [0.2, 0.25) is 0 Å². The van der Waals surface area contributed by atoms with Crippen molar-refractivity contribution in [2.45, 2.75) is 37.1 Å². The average molecular weight is 670 g/mol. The minimum absolute atomic E-state index is 0.189. The van der Waals surface area contributed by atoms with Crippen LogP contribution in [-0.2, 0) is 19.9 Å². The summed E-state index contributed by atoms with van der Waals surface area (Å²) in [4.78, 5) is 26.6. The van der Waals surface area contributed by atoms with E-state index < -0.39 is 36.3 Å². The molecule has 0 saturated heterocycles. The first-order valence-corrected chi connectivity index (χ1v) is 15.7. The summed E-state index contributed by atoms with van der Waals surface area (Å²) >= 11 is 6.68. The number of alkyl halides is 3. The quantitative estimate of drug-likeness (QED) is 0.126. The highest BCUT2D eigenvalue weighted by atomic mass is 35.5. The lowest BCUT2D eigenvalue weighted by molar-refractivity contribution is -0.173. The second-order valence-corrected chi connectivity index (χ2v) is 12.0. The molecule has 1 N–H and O–H groups in total. The van der Waals surface area contributed by atoms with E-state index in [1.54, 1.807) is 66.7 Å². The molecule has 0 heterocycles. The number of hydrogen-bond acceptors (Lipinski definition) is 4. The molecular formula is C39H31ClF3NO4. The van der Waals surface area contributed by atoms with Crippen LogP contribution in [-0.4, -0.2) is 30.9 Å². The molecule has 1 aliphatic rings. The van der Waals surface area contributed by atoms with E-state index in [1.807, 2.05) is 72.9 Å². The van der Waals surface area contributed by atoms with Gasteiger partial charge in [-0.15, -0.1) is 0 Å². The van der Waals surface area contributed by atoms with Gasteiger partial charge < -0.3 is 14.8 Å². The van der Waals surface area contributed by atoms with Crippen molar-refractivity contribution in [2.24, 2.45) is 0 Å². The number of carbonyl (C=O) groups excluding carboxylic acids is 2. The number of ether oxygens (including phenoxy) is 2. The molecule has 5 aromatic rings. The Balaban J connectivity index is 1.26. The monoisotopic (exact) mass is 669 g/mol. The van der Waals surface area contributed by atoms with Gasteiger partial charge in [0.05, 0.1) is 6.42 Å². The SMILES string of the molecule is Cc1ccc(C(OC(=O)C[C@H](NC(=O)OCC2c3ccccc3-c3ccccc32)C(F)(F)F)(c2ccccc2)c2ccccc2Cl)cc1. The number of esters is 1. The fourth-order valence-electron chi connectivity index (χ4n) is 6.27. The lowest BCUT2D eigenvalue weighted by Gasteiger charge is -2.36. The Kier molecular flexibility index (Phi) is 9.29. The zero-order valence-electron chi connectivity index (χ0n) is 25.8. The van der Waals surface area contributed by atoms with Gasteiger partial charge in [0.25, 0.3) is 0 Å². The number of benzene rings is 5. The molecule has 0 aliphatic heterocycles. The van der Waals surface area contributed by atoms with E-state index in [0.29, 0.717) is 16.7 Å². The fraction of sp³-hybridized carbons (Fsp3) is 0.179. The molecule has 9 heteroatoms. The first-order chi connectivity index (χ1) is 23.1. The van der Waals surface area contributed by atoms with E-state index in [4.69, 9.17) is 21.1 Å². The van der Waals surface area contributed by atoms with Crippen LogP contribution in [0.15, 0.2) is 127 Å². The Morgan fingerprint density at radius 1 is 0.750 bits per heavy atom. The topological polar surface area (TPSA) is 64.6 Å². The van der Waals surface area contributed by atoms with Crippen LogP contribution in [0.3, 0.4) is 0 Å². The summed E-state index contributed by atoms with van der Waals surface area (Å²) in [7, 11) is 0. The van der Waals surface area contributed by atoms with Crippen molar-refractivity contribution in [1.29, 1.82) is 0 Å². The smallest absolute Gasteiger partial charge is 0.409 e. The second-order valence-electron chi connectivity index (χ2n) is 11.6. The Labute approximate surface area is 281 Å². The number of carbonyl (C=O) groups is 2. The van der Waals surface area contributed by atoms with Gasteiger partial charge in [-0.1, -0.05) is 138 Å². The highest BCUT2D eigenvalue weighted by Gasteiger charge is 2.46.